The highest BCUT2D eigenvalue weighted by molar-refractivity contribution is 9.10. The Balaban J connectivity index is 1.79. The van der Waals surface area contributed by atoms with Crippen molar-refractivity contribution < 1.29 is 24.2 Å². The van der Waals surface area contributed by atoms with Crippen LogP contribution in [0.4, 0.5) is 0 Å². The van der Waals surface area contributed by atoms with Gasteiger partial charge in [0.25, 0.3) is 11.8 Å². The number of aliphatic hydroxyl groups is 1. The third-order valence-electron chi connectivity index (χ3n) is 3.14. The molecule has 0 heterocycles. The fourth-order valence-corrected chi connectivity index (χ4v) is 2.30. The third-order valence-corrected chi connectivity index (χ3v) is 3.83. The van der Waals surface area contributed by atoms with Crippen molar-refractivity contribution in [3.63, 3.8) is 0 Å². The summed E-state index contributed by atoms with van der Waals surface area (Å²) in [6.07, 6.45) is 0. The molecule has 0 aromatic heterocycles. The van der Waals surface area contributed by atoms with Crippen LogP contribution in [-0.4, -0.2) is 29.5 Å². The van der Waals surface area contributed by atoms with Crippen molar-refractivity contribution in [2.45, 2.75) is 6.61 Å². The molecular weight excluding hydrogens is 392 g/mol. The molecule has 7 nitrogen and oxygen atoms in total. The summed E-state index contributed by atoms with van der Waals surface area (Å²) in [5, 5.41) is 8.94. The highest BCUT2D eigenvalue weighted by Gasteiger charge is 2.12. The summed E-state index contributed by atoms with van der Waals surface area (Å²) < 4.78 is 5.43. The smallest absolute Gasteiger partial charge is 0.338 e. The van der Waals surface area contributed by atoms with Gasteiger partial charge in [0.2, 0.25) is 0 Å². The van der Waals surface area contributed by atoms with Gasteiger partial charge < -0.3 is 9.84 Å². The number of aliphatic hydroxyl groups excluding tert-OH is 1. The number of amides is 2. The first kappa shape index (κ1) is 18.6. The lowest BCUT2D eigenvalue weighted by Gasteiger charge is -2.09. The zero-order chi connectivity index (χ0) is 18.2. The van der Waals surface area contributed by atoms with Crippen LogP contribution in [-0.2, 0) is 16.1 Å². The summed E-state index contributed by atoms with van der Waals surface area (Å²) >= 11 is 3.23. The predicted molar refractivity (Wildman–Crippen MR) is 92.4 cm³/mol. The van der Waals surface area contributed by atoms with E-state index in [0.29, 0.717) is 15.6 Å². The van der Waals surface area contributed by atoms with Crippen LogP contribution < -0.4 is 10.9 Å². The number of rotatable bonds is 5. The number of ether oxygens (including phenoxy) is 1. The van der Waals surface area contributed by atoms with Gasteiger partial charge in [-0.2, -0.15) is 0 Å². The first-order valence-corrected chi connectivity index (χ1v) is 8.01. The summed E-state index contributed by atoms with van der Waals surface area (Å²) in [5.41, 5.74) is 5.65. The minimum absolute atomic E-state index is 0.130. The fourth-order valence-electron chi connectivity index (χ4n) is 1.84. The summed E-state index contributed by atoms with van der Waals surface area (Å²) in [6, 6.07) is 12.9. The molecule has 2 amide bonds. The first-order valence-electron chi connectivity index (χ1n) is 7.22. The van der Waals surface area contributed by atoms with Crippen molar-refractivity contribution in [3.8, 4) is 0 Å². The maximum absolute atomic E-state index is 11.9. The van der Waals surface area contributed by atoms with E-state index < -0.39 is 24.4 Å². The molecule has 2 aromatic rings. The Kier molecular flexibility index (Phi) is 6.67. The minimum Gasteiger partial charge on any atom is -0.452 e. The van der Waals surface area contributed by atoms with Crippen LogP contribution in [0, 0.1) is 0 Å². The van der Waals surface area contributed by atoms with E-state index in [1.165, 1.54) is 12.1 Å². The molecule has 25 heavy (non-hydrogen) atoms. The van der Waals surface area contributed by atoms with E-state index in [1.807, 2.05) is 0 Å². The van der Waals surface area contributed by atoms with Gasteiger partial charge >= 0.3 is 5.97 Å². The SMILES string of the molecule is O=C(COC(=O)c1ccc(CO)cc1)NNC(=O)c1ccccc1Br. The number of carbonyl (C=O) groups excluding carboxylic acids is 3. The van der Waals surface area contributed by atoms with E-state index in [0.717, 1.165) is 0 Å². The Morgan fingerprint density at radius 2 is 1.68 bits per heavy atom. The lowest BCUT2D eigenvalue weighted by molar-refractivity contribution is -0.125. The Labute approximate surface area is 152 Å². The lowest BCUT2D eigenvalue weighted by atomic mass is 10.1. The number of hydrogen-bond acceptors (Lipinski definition) is 5. The van der Waals surface area contributed by atoms with E-state index in [2.05, 4.69) is 26.8 Å². The molecule has 2 aromatic carbocycles. The molecule has 130 valence electrons. The van der Waals surface area contributed by atoms with Crippen molar-refractivity contribution in [1.29, 1.82) is 0 Å². The van der Waals surface area contributed by atoms with E-state index in [-0.39, 0.29) is 12.2 Å². The Bertz CT molecular complexity index is 777. The van der Waals surface area contributed by atoms with Crippen LogP contribution in [0.5, 0.6) is 0 Å². The molecule has 0 unspecified atom stereocenters. The number of benzene rings is 2. The van der Waals surface area contributed by atoms with Crippen molar-refractivity contribution in [2.75, 3.05) is 6.61 Å². The second-order valence-electron chi connectivity index (χ2n) is 4.91. The standard InChI is InChI=1S/C17H15BrN2O5/c18-14-4-2-1-3-13(14)16(23)20-19-15(22)10-25-17(24)12-7-5-11(9-21)6-8-12/h1-8,21H,9-10H2,(H,19,22)(H,20,23). The molecular formula is C17H15BrN2O5. The van der Waals surface area contributed by atoms with Crippen molar-refractivity contribution in [2.24, 2.45) is 0 Å². The van der Waals surface area contributed by atoms with Gasteiger partial charge in [0.05, 0.1) is 17.7 Å². The quantitative estimate of drug-likeness (QED) is 0.516. The molecule has 0 aliphatic heterocycles. The van der Waals surface area contributed by atoms with E-state index in [4.69, 9.17) is 9.84 Å². The van der Waals surface area contributed by atoms with Gasteiger partial charge in [-0.25, -0.2) is 4.79 Å². The van der Waals surface area contributed by atoms with Crippen LogP contribution in [0.3, 0.4) is 0 Å². The molecule has 0 spiro atoms. The summed E-state index contributed by atoms with van der Waals surface area (Å²) in [5.74, 6) is -1.87. The first-order chi connectivity index (χ1) is 12.0. The molecule has 0 radical (unpaired) electrons. The van der Waals surface area contributed by atoms with Crippen molar-refractivity contribution in [1.82, 2.24) is 10.9 Å². The van der Waals surface area contributed by atoms with E-state index >= 15 is 0 Å². The monoisotopic (exact) mass is 406 g/mol. The van der Waals surface area contributed by atoms with Gasteiger partial charge in [0.1, 0.15) is 0 Å². The van der Waals surface area contributed by atoms with Gasteiger partial charge in [-0.05, 0) is 45.8 Å². The maximum atomic E-state index is 11.9. The van der Waals surface area contributed by atoms with E-state index in [1.54, 1.807) is 36.4 Å². The summed E-state index contributed by atoms with van der Waals surface area (Å²) in [7, 11) is 0. The average molecular weight is 407 g/mol. The second kappa shape index (κ2) is 8.95. The Hall–Kier alpha value is -2.71. The average Bonchev–Trinajstić information content (AvgIpc) is 2.64. The van der Waals surface area contributed by atoms with Crippen LogP contribution in [0.1, 0.15) is 26.3 Å². The molecule has 0 fully saturated rings. The van der Waals surface area contributed by atoms with Gasteiger partial charge in [-0.3, -0.25) is 20.4 Å². The van der Waals surface area contributed by atoms with Crippen molar-refractivity contribution in [3.05, 3.63) is 69.7 Å². The lowest BCUT2D eigenvalue weighted by Crippen LogP contribution is -2.43. The zero-order valence-corrected chi connectivity index (χ0v) is 14.6. The van der Waals surface area contributed by atoms with Gasteiger partial charge in [-0.15, -0.1) is 0 Å². The topological polar surface area (TPSA) is 105 Å². The zero-order valence-electron chi connectivity index (χ0n) is 13.0. The fraction of sp³-hybridized carbons (Fsp3) is 0.118. The van der Waals surface area contributed by atoms with Gasteiger partial charge in [0.15, 0.2) is 6.61 Å². The number of nitrogens with one attached hydrogen (secondary N) is 2. The highest BCUT2D eigenvalue weighted by atomic mass is 79.9. The van der Waals surface area contributed by atoms with Gasteiger partial charge in [-0.1, -0.05) is 24.3 Å². The van der Waals surface area contributed by atoms with Gasteiger partial charge in [0, 0.05) is 4.47 Å². The van der Waals surface area contributed by atoms with Crippen LogP contribution >= 0.6 is 15.9 Å². The Morgan fingerprint density at radius 1 is 1.00 bits per heavy atom. The molecule has 0 aliphatic rings. The van der Waals surface area contributed by atoms with Crippen molar-refractivity contribution >= 4 is 33.7 Å². The molecule has 0 aliphatic carbocycles. The summed E-state index contributed by atoms with van der Waals surface area (Å²) in [4.78, 5) is 35.4. The number of esters is 1. The molecule has 0 atom stereocenters. The third kappa shape index (κ3) is 5.40. The molecule has 2 rings (SSSR count). The Morgan fingerprint density at radius 3 is 2.32 bits per heavy atom. The number of hydrogen-bond donors (Lipinski definition) is 3. The second-order valence-corrected chi connectivity index (χ2v) is 5.77. The molecule has 3 N–H and O–H groups in total. The summed E-state index contributed by atoms with van der Waals surface area (Å²) in [6.45, 7) is -0.675. The van der Waals surface area contributed by atoms with E-state index in [9.17, 15) is 14.4 Å². The normalized spacial score (nSPS) is 10.0. The number of hydrazine groups is 1. The number of halogens is 1. The molecule has 0 saturated carbocycles. The predicted octanol–water partition coefficient (Wildman–Crippen LogP) is 1.56. The largest absolute Gasteiger partial charge is 0.452 e. The maximum Gasteiger partial charge on any atom is 0.338 e. The van der Waals surface area contributed by atoms with Crippen LogP contribution in [0.2, 0.25) is 0 Å². The highest BCUT2D eigenvalue weighted by Crippen LogP contribution is 2.15. The number of carbonyl (C=O) groups is 3. The minimum atomic E-state index is -0.684. The van der Waals surface area contributed by atoms with Crippen LogP contribution in [0.25, 0.3) is 0 Å². The molecule has 0 saturated heterocycles. The molecule has 0 bridgehead atoms. The molecule has 8 heteroatoms. The van der Waals surface area contributed by atoms with Crippen LogP contribution in [0.15, 0.2) is 53.0 Å².